The van der Waals surface area contributed by atoms with Crippen molar-refractivity contribution in [1.29, 1.82) is 0 Å². The summed E-state index contributed by atoms with van der Waals surface area (Å²) in [6.45, 7) is 0.681. The average molecular weight is 324 g/mol. The highest BCUT2D eigenvalue weighted by Gasteiger charge is 2.31. The van der Waals surface area contributed by atoms with Crippen LogP contribution in [0.3, 0.4) is 0 Å². The highest BCUT2D eigenvalue weighted by molar-refractivity contribution is 5.85. The van der Waals surface area contributed by atoms with Gasteiger partial charge in [-0.3, -0.25) is 14.4 Å². The molecule has 2 rings (SSSR count). The van der Waals surface area contributed by atoms with Crippen LogP contribution in [0.2, 0.25) is 0 Å². The number of amides is 2. The molecule has 0 aromatic heterocycles. The summed E-state index contributed by atoms with van der Waals surface area (Å²) in [5.74, 6) is -1.53. The van der Waals surface area contributed by atoms with Gasteiger partial charge in [-0.1, -0.05) is 32.1 Å². The second-order valence-corrected chi connectivity index (χ2v) is 6.74. The Morgan fingerprint density at radius 3 is 2.52 bits per heavy atom. The van der Waals surface area contributed by atoms with E-state index in [2.05, 4.69) is 5.32 Å². The van der Waals surface area contributed by atoms with Crippen molar-refractivity contribution in [2.24, 2.45) is 5.92 Å². The summed E-state index contributed by atoms with van der Waals surface area (Å²) in [5.41, 5.74) is 0. The van der Waals surface area contributed by atoms with Crippen LogP contribution in [0.4, 0.5) is 0 Å². The topological polar surface area (TPSA) is 86.7 Å². The first-order valence-corrected chi connectivity index (χ1v) is 8.88. The van der Waals surface area contributed by atoms with Crippen LogP contribution in [0.15, 0.2) is 0 Å². The standard InChI is InChI=1S/C17H28N2O4/c20-15(12-19-11-7-2-1-6-10-16(19)21)18-14-9-5-3-4-8-13(14)17(22)23/h13-14H,1-12H2,(H,18,20)(H,22,23)/t13-,14+/m1/s1. The molecule has 0 aromatic carbocycles. The molecule has 1 aliphatic heterocycles. The summed E-state index contributed by atoms with van der Waals surface area (Å²) in [7, 11) is 0. The van der Waals surface area contributed by atoms with E-state index in [1.54, 1.807) is 4.90 Å². The Labute approximate surface area is 137 Å². The van der Waals surface area contributed by atoms with Crippen LogP contribution in [0.5, 0.6) is 0 Å². The van der Waals surface area contributed by atoms with Crippen molar-refractivity contribution in [1.82, 2.24) is 10.2 Å². The molecule has 1 aliphatic carbocycles. The van der Waals surface area contributed by atoms with E-state index in [4.69, 9.17) is 0 Å². The lowest BCUT2D eigenvalue weighted by Gasteiger charge is -2.27. The fraction of sp³-hybridized carbons (Fsp3) is 0.824. The average Bonchev–Trinajstić information content (AvgIpc) is 2.72. The van der Waals surface area contributed by atoms with Gasteiger partial charge < -0.3 is 15.3 Å². The quantitative estimate of drug-likeness (QED) is 0.774. The molecule has 2 atom stereocenters. The van der Waals surface area contributed by atoms with E-state index in [-0.39, 0.29) is 24.4 Å². The van der Waals surface area contributed by atoms with Crippen LogP contribution in [-0.4, -0.2) is 46.9 Å². The van der Waals surface area contributed by atoms with Gasteiger partial charge in [-0.25, -0.2) is 0 Å². The van der Waals surface area contributed by atoms with E-state index in [1.165, 1.54) is 0 Å². The summed E-state index contributed by atoms with van der Waals surface area (Å²) in [5, 5.41) is 12.2. The molecule has 1 saturated carbocycles. The summed E-state index contributed by atoms with van der Waals surface area (Å²) in [4.78, 5) is 37.4. The third-order valence-corrected chi connectivity index (χ3v) is 4.94. The van der Waals surface area contributed by atoms with Crippen molar-refractivity contribution in [3.8, 4) is 0 Å². The van der Waals surface area contributed by atoms with Gasteiger partial charge in [-0.2, -0.15) is 0 Å². The highest BCUT2D eigenvalue weighted by atomic mass is 16.4. The Balaban J connectivity index is 1.90. The lowest BCUT2D eigenvalue weighted by Crippen LogP contribution is -2.48. The van der Waals surface area contributed by atoms with E-state index in [1.807, 2.05) is 0 Å². The van der Waals surface area contributed by atoms with E-state index < -0.39 is 11.9 Å². The zero-order valence-corrected chi connectivity index (χ0v) is 13.8. The van der Waals surface area contributed by atoms with Crippen molar-refractivity contribution in [2.45, 2.75) is 70.3 Å². The van der Waals surface area contributed by atoms with E-state index >= 15 is 0 Å². The Kier molecular flexibility index (Phi) is 6.86. The molecular weight excluding hydrogens is 296 g/mol. The highest BCUT2D eigenvalue weighted by Crippen LogP contribution is 2.24. The first-order chi connectivity index (χ1) is 11.1. The van der Waals surface area contributed by atoms with Crippen LogP contribution < -0.4 is 5.32 Å². The number of rotatable bonds is 4. The molecule has 0 aromatic rings. The predicted octanol–water partition coefficient (Wildman–Crippen LogP) is 1.93. The minimum Gasteiger partial charge on any atom is -0.481 e. The molecule has 6 nitrogen and oxygen atoms in total. The monoisotopic (exact) mass is 324 g/mol. The lowest BCUT2D eigenvalue weighted by molar-refractivity contribution is -0.144. The van der Waals surface area contributed by atoms with Gasteiger partial charge in [0.25, 0.3) is 0 Å². The molecule has 2 N–H and O–H groups in total. The Bertz CT molecular complexity index is 438. The van der Waals surface area contributed by atoms with Crippen molar-refractivity contribution in [3.05, 3.63) is 0 Å². The summed E-state index contributed by atoms with van der Waals surface area (Å²) in [6, 6.07) is -0.313. The van der Waals surface area contributed by atoms with Crippen molar-refractivity contribution in [2.75, 3.05) is 13.1 Å². The van der Waals surface area contributed by atoms with Crippen molar-refractivity contribution in [3.63, 3.8) is 0 Å². The number of nitrogens with one attached hydrogen (secondary N) is 1. The number of carbonyl (C=O) groups excluding carboxylic acids is 2. The second-order valence-electron chi connectivity index (χ2n) is 6.74. The molecule has 2 fully saturated rings. The zero-order valence-electron chi connectivity index (χ0n) is 13.8. The van der Waals surface area contributed by atoms with E-state index in [0.29, 0.717) is 25.8 Å². The molecule has 2 amide bonds. The van der Waals surface area contributed by atoms with E-state index in [0.717, 1.165) is 44.9 Å². The lowest BCUT2D eigenvalue weighted by atomic mass is 9.95. The number of carboxylic acid groups (broad SMARTS) is 1. The fourth-order valence-electron chi connectivity index (χ4n) is 3.58. The van der Waals surface area contributed by atoms with Crippen LogP contribution >= 0.6 is 0 Å². The van der Waals surface area contributed by atoms with Crippen LogP contribution in [0.1, 0.15) is 64.2 Å². The molecule has 130 valence electrons. The molecular formula is C17H28N2O4. The fourth-order valence-corrected chi connectivity index (χ4v) is 3.58. The van der Waals surface area contributed by atoms with Gasteiger partial charge in [-0.15, -0.1) is 0 Å². The zero-order chi connectivity index (χ0) is 16.7. The molecule has 0 unspecified atom stereocenters. The first-order valence-electron chi connectivity index (χ1n) is 8.88. The first kappa shape index (κ1) is 17.8. The van der Waals surface area contributed by atoms with Crippen LogP contribution in [-0.2, 0) is 14.4 Å². The van der Waals surface area contributed by atoms with Gasteiger partial charge in [0.1, 0.15) is 0 Å². The summed E-state index contributed by atoms with van der Waals surface area (Å²) < 4.78 is 0. The Hall–Kier alpha value is -1.59. The normalized spacial score (nSPS) is 26.8. The molecule has 23 heavy (non-hydrogen) atoms. The maximum Gasteiger partial charge on any atom is 0.308 e. The SMILES string of the molecule is O=C(CN1CCCCCCC1=O)N[C@H]1CCCCC[C@H]1C(=O)O. The largest absolute Gasteiger partial charge is 0.481 e. The Morgan fingerprint density at radius 1 is 1.04 bits per heavy atom. The number of carboxylic acids is 1. The van der Waals surface area contributed by atoms with Crippen molar-refractivity contribution < 1.29 is 19.5 Å². The van der Waals surface area contributed by atoms with Gasteiger partial charge in [0, 0.05) is 19.0 Å². The molecule has 0 radical (unpaired) electrons. The molecule has 1 heterocycles. The number of aliphatic carboxylic acids is 1. The van der Waals surface area contributed by atoms with Gasteiger partial charge in [0.05, 0.1) is 12.5 Å². The maximum absolute atomic E-state index is 12.3. The van der Waals surface area contributed by atoms with Gasteiger partial charge in [0.2, 0.25) is 11.8 Å². The van der Waals surface area contributed by atoms with Crippen LogP contribution in [0, 0.1) is 5.92 Å². The number of hydrogen-bond acceptors (Lipinski definition) is 3. The number of hydrogen-bond donors (Lipinski definition) is 2. The molecule has 1 saturated heterocycles. The minimum atomic E-state index is -0.834. The third kappa shape index (κ3) is 5.52. The third-order valence-electron chi connectivity index (χ3n) is 4.94. The summed E-state index contributed by atoms with van der Waals surface area (Å²) in [6.07, 6.45) is 8.67. The van der Waals surface area contributed by atoms with Crippen LogP contribution in [0.25, 0.3) is 0 Å². The second kappa shape index (κ2) is 8.89. The summed E-state index contributed by atoms with van der Waals surface area (Å²) >= 11 is 0. The number of likely N-dealkylation sites (tertiary alicyclic amines) is 1. The predicted molar refractivity (Wildman–Crippen MR) is 85.8 cm³/mol. The van der Waals surface area contributed by atoms with Gasteiger partial charge in [0.15, 0.2) is 0 Å². The Morgan fingerprint density at radius 2 is 1.74 bits per heavy atom. The van der Waals surface area contributed by atoms with Gasteiger partial charge in [-0.05, 0) is 25.7 Å². The number of nitrogens with zero attached hydrogens (tertiary/aromatic N) is 1. The van der Waals surface area contributed by atoms with Crippen molar-refractivity contribution >= 4 is 17.8 Å². The maximum atomic E-state index is 12.3. The number of carbonyl (C=O) groups is 3. The molecule has 6 heteroatoms. The molecule has 0 bridgehead atoms. The molecule has 2 aliphatic rings. The smallest absolute Gasteiger partial charge is 0.308 e. The minimum absolute atomic E-state index is 0.0375. The van der Waals surface area contributed by atoms with E-state index in [9.17, 15) is 19.5 Å². The molecule has 0 spiro atoms. The van der Waals surface area contributed by atoms with Gasteiger partial charge >= 0.3 is 5.97 Å².